The number of carbonyl (C=O) groups is 4. The first-order valence-electron chi connectivity index (χ1n) is 22.2. The molecule has 4 fully saturated rings. The van der Waals surface area contributed by atoms with Gasteiger partial charge in [-0.2, -0.15) is 0 Å². The molecule has 63 heavy (non-hydrogen) atoms. The molecule has 9 rings (SSSR count). The molecule has 3 amide bonds. The number of aryl methyl sites for hydroxylation is 1. The summed E-state index contributed by atoms with van der Waals surface area (Å²) in [5.41, 5.74) is 6.31. The Kier molecular flexibility index (Phi) is 13.8. The minimum absolute atomic E-state index is 0.126. The van der Waals surface area contributed by atoms with Crippen molar-refractivity contribution in [1.29, 1.82) is 0 Å². The van der Waals surface area contributed by atoms with E-state index in [4.69, 9.17) is 11.6 Å². The number of rotatable bonds is 9. The highest BCUT2D eigenvalue weighted by Gasteiger charge is 2.32. The molecule has 14 nitrogen and oxygen atoms in total. The highest BCUT2D eigenvalue weighted by atomic mass is 35.5. The molecule has 15 heteroatoms. The van der Waals surface area contributed by atoms with Crippen LogP contribution in [0.25, 0.3) is 33.4 Å². The number of fused-ring (bicyclic) bond motifs is 1. The lowest BCUT2D eigenvalue weighted by Gasteiger charge is -2.36. The number of carbonyl (C=O) groups excluding carboxylic acids is 4. The number of aldehydes is 1. The lowest BCUT2D eigenvalue weighted by molar-refractivity contribution is -0.136. The Bertz CT molecular complexity index is 2510. The number of nitrogens with one attached hydrogen (secondary N) is 2. The third-order valence-electron chi connectivity index (χ3n) is 13.1. The van der Waals surface area contributed by atoms with Gasteiger partial charge in [0.25, 0.3) is 0 Å². The molecule has 1 aliphatic carbocycles. The maximum atomic E-state index is 13.0. The number of halogens is 1. The normalized spacial score (nSPS) is 21.4. The highest BCUT2D eigenvalue weighted by Crippen LogP contribution is 2.33. The highest BCUT2D eigenvalue weighted by molar-refractivity contribution is 6.33. The Morgan fingerprint density at radius 1 is 0.841 bits per heavy atom. The standard InChI is InChI=1S/C25H34N6O4.C23H22ClN3O/c1-27-11-13-29(14-12-27)16-23(33)30-9-7-17(8-10-30)18-3-4-19-21(15-18)28(2)25(35)31(19)20-5-6-22(32)26-24(20)34;24-21-14-25-23(26-20-11-4-6-16(12-20)15-28)27-22(21)19-10-5-9-18(13-19)17-7-2-1-3-8-17/h3-4,15,17,20H,5-14,16H2,1-2H3,(H,26,32,34);1-3,5,7-10,13-16,20H,4,6,11-12H2,(H,25,26,27). The third kappa shape index (κ3) is 10.2. The molecule has 2 N–H and O–H groups in total. The molecule has 2 aromatic heterocycles. The number of hydrogen-bond donors (Lipinski definition) is 2. The first-order valence-corrected chi connectivity index (χ1v) is 22.6. The van der Waals surface area contributed by atoms with Crippen LogP contribution in [0.4, 0.5) is 5.95 Å². The number of anilines is 1. The zero-order chi connectivity index (χ0) is 44.0. The van der Waals surface area contributed by atoms with E-state index >= 15 is 0 Å². The van der Waals surface area contributed by atoms with Gasteiger partial charge in [-0.15, -0.1) is 0 Å². The van der Waals surface area contributed by atoms with Crippen molar-refractivity contribution >= 4 is 52.6 Å². The number of hydrogen-bond acceptors (Lipinski definition) is 10. The quantitative estimate of drug-likeness (QED) is 0.135. The van der Waals surface area contributed by atoms with Gasteiger partial charge in [-0.25, -0.2) is 14.8 Å². The smallest absolute Gasteiger partial charge is 0.329 e. The fraction of sp³-hybridized carbons (Fsp3) is 0.438. The van der Waals surface area contributed by atoms with Gasteiger partial charge in [0.05, 0.1) is 34.5 Å². The fourth-order valence-corrected chi connectivity index (χ4v) is 9.60. The molecule has 4 aliphatic rings. The van der Waals surface area contributed by atoms with E-state index in [1.165, 1.54) is 4.57 Å². The molecule has 330 valence electrons. The number of likely N-dealkylation sites (N-methyl/N-ethyl adjacent to an activating group) is 1. The molecule has 3 aliphatic heterocycles. The average Bonchev–Trinajstić information content (AvgIpc) is 3.56. The number of amides is 3. The van der Waals surface area contributed by atoms with Crippen molar-refractivity contribution in [3.8, 4) is 22.4 Å². The van der Waals surface area contributed by atoms with E-state index < -0.39 is 11.9 Å². The summed E-state index contributed by atoms with van der Waals surface area (Å²) in [6, 6.07) is 24.0. The van der Waals surface area contributed by atoms with Gasteiger partial charge >= 0.3 is 5.69 Å². The van der Waals surface area contributed by atoms with E-state index in [2.05, 4.69) is 61.7 Å². The molecule has 0 bridgehead atoms. The van der Waals surface area contributed by atoms with Crippen molar-refractivity contribution in [2.75, 3.05) is 58.2 Å². The Hall–Kier alpha value is -5.70. The van der Waals surface area contributed by atoms with Crippen molar-refractivity contribution in [1.82, 2.24) is 39.1 Å². The second-order valence-electron chi connectivity index (χ2n) is 17.4. The Morgan fingerprint density at radius 3 is 2.33 bits per heavy atom. The maximum absolute atomic E-state index is 13.0. The summed E-state index contributed by atoms with van der Waals surface area (Å²) in [5.74, 6) is 0.499. The van der Waals surface area contributed by atoms with Gasteiger partial charge in [0.2, 0.25) is 23.7 Å². The van der Waals surface area contributed by atoms with Crippen molar-refractivity contribution in [3.63, 3.8) is 0 Å². The number of piperazine rings is 1. The number of piperidine rings is 2. The van der Waals surface area contributed by atoms with Gasteiger partial charge in [0.15, 0.2) is 0 Å². The molecule has 1 saturated carbocycles. The van der Waals surface area contributed by atoms with Crippen LogP contribution in [0.2, 0.25) is 5.02 Å². The molecule has 0 spiro atoms. The number of imide groups is 1. The van der Waals surface area contributed by atoms with Gasteiger partial charge < -0.3 is 19.9 Å². The molecule has 5 heterocycles. The Morgan fingerprint density at radius 2 is 1.59 bits per heavy atom. The van der Waals surface area contributed by atoms with Gasteiger partial charge in [-0.05, 0) is 86.4 Å². The topological polar surface area (TPSA) is 155 Å². The van der Waals surface area contributed by atoms with E-state index in [0.717, 1.165) is 112 Å². The Labute approximate surface area is 372 Å². The molecule has 3 aromatic carbocycles. The van der Waals surface area contributed by atoms with E-state index in [1.54, 1.807) is 17.8 Å². The van der Waals surface area contributed by atoms with Gasteiger partial charge in [0, 0.05) is 70.3 Å². The zero-order valence-corrected chi connectivity index (χ0v) is 36.8. The predicted molar refractivity (Wildman–Crippen MR) is 244 cm³/mol. The number of likely N-dealkylation sites (tertiary alicyclic amines) is 1. The molecule has 5 aromatic rings. The predicted octanol–water partition coefficient (Wildman–Crippen LogP) is 5.90. The van der Waals surface area contributed by atoms with Crippen molar-refractivity contribution in [3.05, 3.63) is 100 Å². The van der Waals surface area contributed by atoms with Gasteiger partial charge in [-0.3, -0.25) is 33.7 Å². The summed E-state index contributed by atoms with van der Waals surface area (Å²) >= 11 is 6.42. The van der Waals surface area contributed by atoms with Crippen LogP contribution in [0.1, 0.15) is 68.9 Å². The zero-order valence-electron chi connectivity index (χ0n) is 36.0. The number of benzene rings is 3. The van der Waals surface area contributed by atoms with Gasteiger partial charge in [0.1, 0.15) is 12.3 Å². The minimum atomic E-state index is -0.677. The van der Waals surface area contributed by atoms with Crippen LogP contribution in [0, 0.1) is 5.92 Å². The summed E-state index contributed by atoms with van der Waals surface area (Å²) in [6.45, 7) is 5.88. The Balaban J connectivity index is 0.000000177. The van der Waals surface area contributed by atoms with Crippen molar-refractivity contribution in [2.45, 2.75) is 69.4 Å². The first kappa shape index (κ1) is 43.9. The number of aromatic nitrogens is 4. The third-order valence-corrected chi connectivity index (χ3v) is 13.4. The monoisotopic (exact) mass is 873 g/mol. The lowest BCUT2D eigenvalue weighted by Crippen LogP contribution is -2.50. The van der Waals surface area contributed by atoms with Crippen LogP contribution < -0.4 is 16.3 Å². The van der Waals surface area contributed by atoms with Crippen molar-refractivity contribution < 1.29 is 19.2 Å². The number of imidazole rings is 1. The summed E-state index contributed by atoms with van der Waals surface area (Å²) in [5, 5.41) is 6.26. The minimum Gasteiger partial charge on any atom is -0.351 e. The van der Waals surface area contributed by atoms with Crippen LogP contribution in [-0.4, -0.2) is 117 Å². The first-order chi connectivity index (χ1) is 30.5. The van der Waals surface area contributed by atoms with Crippen LogP contribution in [0.5, 0.6) is 0 Å². The van der Waals surface area contributed by atoms with Crippen LogP contribution in [-0.2, 0) is 26.2 Å². The van der Waals surface area contributed by atoms with Crippen LogP contribution >= 0.6 is 11.6 Å². The van der Waals surface area contributed by atoms with Gasteiger partial charge in [-0.1, -0.05) is 72.6 Å². The summed E-state index contributed by atoms with van der Waals surface area (Å²) in [4.78, 5) is 76.5. The number of nitrogens with zero attached hydrogens (tertiary/aromatic N) is 7. The van der Waals surface area contributed by atoms with E-state index in [-0.39, 0.29) is 35.9 Å². The second kappa shape index (κ2) is 19.8. The molecular formula is C48H56ClN9O5. The van der Waals surface area contributed by atoms with Crippen LogP contribution in [0.15, 0.2) is 83.8 Å². The largest absolute Gasteiger partial charge is 0.351 e. The van der Waals surface area contributed by atoms with Crippen LogP contribution in [0.3, 0.4) is 0 Å². The average molecular weight is 874 g/mol. The second-order valence-corrected chi connectivity index (χ2v) is 17.8. The van der Waals surface area contributed by atoms with Crippen molar-refractivity contribution in [2.24, 2.45) is 13.0 Å². The molecule has 3 unspecified atom stereocenters. The lowest BCUT2D eigenvalue weighted by atomic mass is 9.87. The molecule has 0 radical (unpaired) electrons. The summed E-state index contributed by atoms with van der Waals surface area (Å²) in [6.07, 6.45) is 8.91. The molecule has 3 atom stereocenters. The fourth-order valence-electron chi connectivity index (χ4n) is 9.40. The van der Waals surface area contributed by atoms with E-state index in [1.807, 2.05) is 53.4 Å². The van der Waals surface area contributed by atoms with E-state index in [9.17, 15) is 24.0 Å². The SMILES string of the molecule is CN1CCN(CC(=O)N2CCC(c3ccc4c(c3)n(C)c(=O)n4C3CCC(=O)NC3=O)CC2)CC1.O=CC1CCCC(Nc2ncc(Cl)c(-c3cccc(-c4ccccc4)c3)n2)C1. The molecule has 3 saturated heterocycles. The summed E-state index contributed by atoms with van der Waals surface area (Å²) < 4.78 is 3.09. The summed E-state index contributed by atoms with van der Waals surface area (Å²) in [7, 11) is 3.83. The van der Waals surface area contributed by atoms with E-state index in [0.29, 0.717) is 41.1 Å². The maximum Gasteiger partial charge on any atom is 0.329 e. The molecular weight excluding hydrogens is 818 g/mol.